The van der Waals surface area contributed by atoms with E-state index in [0.29, 0.717) is 5.92 Å². The summed E-state index contributed by atoms with van der Waals surface area (Å²) in [7, 11) is 0. The second-order valence-corrected chi connectivity index (χ2v) is 10.7. The number of nitrogens with one attached hydrogen (secondary N) is 1. The van der Waals surface area contributed by atoms with Crippen LogP contribution >= 0.6 is 23.1 Å². The Labute approximate surface area is 164 Å². The molecule has 2 saturated heterocycles. The lowest BCUT2D eigenvalue weighted by atomic mass is 9.96. The molecule has 0 saturated carbocycles. The number of hydrogen-bond donors (Lipinski definition) is 1. The number of thiophene rings is 1. The lowest BCUT2D eigenvalue weighted by Crippen LogP contribution is -2.51. The average molecular weight is 396 g/mol. The van der Waals surface area contributed by atoms with Crippen LogP contribution in [-0.4, -0.2) is 52.2 Å². The van der Waals surface area contributed by atoms with Gasteiger partial charge in [0, 0.05) is 30.1 Å². The third-order valence-corrected chi connectivity index (χ3v) is 7.32. The maximum absolute atomic E-state index is 12.6. The summed E-state index contributed by atoms with van der Waals surface area (Å²) in [6.45, 7) is 10.3. The van der Waals surface area contributed by atoms with Crippen LogP contribution in [0, 0.1) is 5.92 Å². The molecule has 1 aromatic heterocycles. The first-order chi connectivity index (χ1) is 12.2. The highest BCUT2D eigenvalue weighted by Crippen LogP contribution is 2.45. The molecule has 0 spiro atoms. The number of thioether (sulfide) groups is 1. The van der Waals surface area contributed by atoms with Gasteiger partial charge in [0.05, 0.1) is 5.25 Å². The van der Waals surface area contributed by atoms with Gasteiger partial charge in [-0.15, -0.1) is 23.1 Å². The Kier molecular flexibility index (Phi) is 5.87. The minimum Gasteiger partial charge on any atom is -0.333 e. The van der Waals surface area contributed by atoms with Crippen LogP contribution < -0.4 is 5.32 Å². The Morgan fingerprint density at radius 3 is 2.58 bits per heavy atom. The van der Waals surface area contributed by atoms with E-state index < -0.39 is 0 Å². The molecule has 3 amide bonds. The van der Waals surface area contributed by atoms with Crippen molar-refractivity contribution in [2.45, 2.75) is 56.7 Å². The molecule has 26 heavy (non-hydrogen) atoms. The molecule has 0 aliphatic carbocycles. The molecule has 2 aliphatic rings. The van der Waals surface area contributed by atoms with Crippen LogP contribution in [0.1, 0.15) is 50.8 Å². The van der Waals surface area contributed by atoms with Gasteiger partial charge in [-0.1, -0.05) is 6.07 Å². The monoisotopic (exact) mass is 395 g/mol. The lowest BCUT2D eigenvalue weighted by molar-refractivity contribution is -0.130. The molecule has 2 aliphatic heterocycles. The van der Waals surface area contributed by atoms with Crippen molar-refractivity contribution in [3.05, 3.63) is 22.4 Å². The van der Waals surface area contributed by atoms with Crippen LogP contribution in [0.3, 0.4) is 0 Å². The van der Waals surface area contributed by atoms with Gasteiger partial charge in [0.15, 0.2) is 0 Å². The number of carbonyl (C=O) groups excluding carboxylic acids is 2. The van der Waals surface area contributed by atoms with E-state index in [1.54, 1.807) is 23.1 Å². The summed E-state index contributed by atoms with van der Waals surface area (Å²) < 4.78 is 0. The fourth-order valence-electron chi connectivity index (χ4n) is 3.51. The first-order valence-electron chi connectivity index (χ1n) is 9.31. The molecule has 7 heteroatoms. The van der Waals surface area contributed by atoms with Gasteiger partial charge in [0.2, 0.25) is 5.91 Å². The highest BCUT2D eigenvalue weighted by Gasteiger charge is 2.40. The van der Waals surface area contributed by atoms with Crippen LogP contribution in [0.4, 0.5) is 4.79 Å². The third kappa shape index (κ3) is 4.55. The van der Waals surface area contributed by atoms with E-state index in [9.17, 15) is 9.59 Å². The molecule has 0 aromatic carbocycles. The van der Waals surface area contributed by atoms with E-state index in [-0.39, 0.29) is 28.1 Å². The van der Waals surface area contributed by atoms with E-state index in [1.165, 1.54) is 4.88 Å². The van der Waals surface area contributed by atoms with Crippen molar-refractivity contribution in [2.75, 3.05) is 19.6 Å². The molecule has 3 heterocycles. The van der Waals surface area contributed by atoms with Gasteiger partial charge in [-0.3, -0.25) is 4.79 Å². The van der Waals surface area contributed by atoms with Gasteiger partial charge < -0.3 is 15.1 Å². The normalized spacial score (nSPS) is 25.0. The number of hydrogen-bond acceptors (Lipinski definition) is 4. The molecule has 1 N–H and O–H groups in total. The molecule has 144 valence electrons. The molecule has 2 atom stereocenters. The number of carbonyl (C=O) groups is 2. The van der Waals surface area contributed by atoms with Crippen LogP contribution in [0.15, 0.2) is 17.5 Å². The standard InChI is InChI=1S/C19H29N3O2S2/c1-13-16(23)22(17(26-13)15-6-5-11-25-15)12-14-7-9-21(10-8-14)18(24)20-19(2,3)4/h5-6,11,13-14,17H,7-10,12H2,1-4H3,(H,20,24)/t13-,17-/m0/s1. The van der Waals surface area contributed by atoms with Gasteiger partial charge in [0.1, 0.15) is 5.37 Å². The van der Waals surface area contributed by atoms with Gasteiger partial charge >= 0.3 is 6.03 Å². The molecule has 3 rings (SSSR count). The van der Waals surface area contributed by atoms with E-state index in [4.69, 9.17) is 0 Å². The molecule has 0 radical (unpaired) electrons. The highest BCUT2D eigenvalue weighted by molar-refractivity contribution is 8.01. The number of nitrogens with zero attached hydrogens (tertiary/aromatic N) is 2. The maximum atomic E-state index is 12.6. The summed E-state index contributed by atoms with van der Waals surface area (Å²) in [5.74, 6) is 0.715. The zero-order valence-electron chi connectivity index (χ0n) is 16.0. The van der Waals surface area contributed by atoms with Crippen molar-refractivity contribution in [3.63, 3.8) is 0 Å². The summed E-state index contributed by atoms with van der Waals surface area (Å²) in [5.41, 5.74) is -0.211. The summed E-state index contributed by atoms with van der Waals surface area (Å²) in [5, 5.41) is 5.29. The van der Waals surface area contributed by atoms with E-state index >= 15 is 0 Å². The lowest BCUT2D eigenvalue weighted by Gasteiger charge is -2.36. The molecular weight excluding hydrogens is 366 g/mol. The zero-order chi connectivity index (χ0) is 18.9. The van der Waals surface area contributed by atoms with Crippen LogP contribution in [0.5, 0.6) is 0 Å². The number of piperidine rings is 1. The molecule has 2 fully saturated rings. The van der Waals surface area contributed by atoms with Crippen LogP contribution in [0.2, 0.25) is 0 Å². The predicted octanol–water partition coefficient (Wildman–Crippen LogP) is 3.93. The Morgan fingerprint density at radius 2 is 2.00 bits per heavy atom. The smallest absolute Gasteiger partial charge is 0.317 e. The third-order valence-electron chi connectivity index (χ3n) is 4.87. The van der Waals surface area contributed by atoms with Gasteiger partial charge in [-0.2, -0.15) is 0 Å². The maximum Gasteiger partial charge on any atom is 0.317 e. The second kappa shape index (κ2) is 7.80. The fraction of sp³-hybridized carbons (Fsp3) is 0.684. The van der Waals surface area contributed by atoms with Crippen molar-refractivity contribution in [3.8, 4) is 0 Å². The SMILES string of the molecule is C[C@@H]1S[C@@H](c2cccs2)N(CC2CCN(C(=O)NC(C)(C)C)CC2)C1=O. The van der Waals surface area contributed by atoms with Crippen molar-refractivity contribution in [1.29, 1.82) is 0 Å². The zero-order valence-corrected chi connectivity index (χ0v) is 17.7. The van der Waals surface area contributed by atoms with Crippen molar-refractivity contribution in [2.24, 2.45) is 5.92 Å². The summed E-state index contributed by atoms with van der Waals surface area (Å²) in [6.07, 6.45) is 1.91. The first kappa shape index (κ1) is 19.5. The number of urea groups is 1. The van der Waals surface area contributed by atoms with Gasteiger partial charge in [0.25, 0.3) is 0 Å². The number of amides is 3. The average Bonchev–Trinajstić information content (AvgIpc) is 3.18. The van der Waals surface area contributed by atoms with Crippen LogP contribution in [0.25, 0.3) is 0 Å². The quantitative estimate of drug-likeness (QED) is 0.844. The van der Waals surface area contributed by atoms with Crippen LogP contribution in [-0.2, 0) is 4.79 Å². The first-order valence-corrected chi connectivity index (χ1v) is 11.1. The summed E-state index contributed by atoms with van der Waals surface area (Å²) in [6, 6.07) is 4.20. The highest BCUT2D eigenvalue weighted by atomic mass is 32.2. The Morgan fingerprint density at radius 1 is 1.31 bits per heavy atom. The minimum atomic E-state index is -0.211. The largest absolute Gasteiger partial charge is 0.333 e. The molecule has 1 aromatic rings. The number of likely N-dealkylation sites (tertiary alicyclic amines) is 1. The summed E-state index contributed by atoms with van der Waals surface area (Å²) >= 11 is 3.48. The van der Waals surface area contributed by atoms with E-state index in [2.05, 4.69) is 27.7 Å². The summed E-state index contributed by atoms with van der Waals surface area (Å²) in [4.78, 5) is 30.2. The topological polar surface area (TPSA) is 52.6 Å². The Balaban J connectivity index is 1.56. The van der Waals surface area contributed by atoms with E-state index in [0.717, 1.165) is 32.5 Å². The van der Waals surface area contributed by atoms with Gasteiger partial charge in [-0.05, 0) is 57.9 Å². The fourth-order valence-corrected chi connectivity index (χ4v) is 5.75. The number of rotatable bonds is 3. The van der Waals surface area contributed by atoms with Crippen molar-refractivity contribution >= 4 is 35.0 Å². The van der Waals surface area contributed by atoms with Gasteiger partial charge in [-0.25, -0.2) is 4.79 Å². The molecule has 5 nitrogen and oxygen atoms in total. The predicted molar refractivity (Wildman–Crippen MR) is 108 cm³/mol. The molecule has 0 bridgehead atoms. The van der Waals surface area contributed by atoms with Crippen molar-refractivity contribution in [1.82, 2.24) is 15.1 Å². The molecule has 0 unspecified atom stereocenters. The Bertz CT molecular complexity index is 634. The Hall–Kier alpha value is -1.21. The minimum absolute atomic E-state index is 0.0221. The second-order valence-electron chi connectivity index (χ2n) is 8.25. The van der Waals surface area contributed by atoms with Crippen molar-refractivity contribution < 1.29 is 9.59 Å². The molecular formula is C19H29N3O2S2. The van der Waals surface area contributed by atoms with E-state index in [1.807, 2.05) is 32.6 Å².